The van der Waals surface area contributed by atoms with Gasteiger partial charge < -0.3 is 10.6 Å². The number of hydrogen-bond acceptors (Lipinski definition) is 2. The van der Waals surface area contributed by atoms with Crippen molar-refractivity contribution in [2.24, 2.45) is 0 Å². The Morgan fingerprint density at radius 1 is 1.41 bits per heavy atom. The minimum Gasteiger partial charge on any atom is -0.354 e. The van der Waals surface area contributed by atoms with Crippen molar-refractivity contribution in [2.45, 2.75) is 37.7 Å². The number of halogens is 4. The maximum absolute atomic E-state index is 12.6. The van der Waals surface area contributed by atoms with Crippen molar-refractivity contribution in [2.75, 3.05) is 6.54 Å². The Morgan fingerprint density at radius 3 is 2.65 bits per heavy atom. The van der Waals surface area contributed by atoms with Crippen LogP contribution in [0.4, 0.5) is 17.6 Å². The molecular weight excluding hydrogens is 244 g/mol. The van der Waals surface area contributed by atoms with Gasteiger partial charge in [0.15, 0.2) is 0 Å². The Balaban J connectivity index is 2.63. The highest BCUT2D eigenvalue weighted by molar-refractivity contribution is 5.90. The number of carbonyl (C=O) groups excluding carboxylic acids is 2. The predicted molar refractivity (Wildman–Crippen MR) is 49.7 cm³/mol. The highest BCUT2D eigenvalue weighted by Crippen LogP contribution is 2.23. The molecule has 17 heavy (non-hydrogen) atoms. The molecule has 0 saturated carbocycles. The first-order valence-electron chi connectivity index (χ1n) is 5.10. The second-order valence-corrected chi connectivity index (χ2v) is 3.74. The van der Waals surface area contributed by atoms with Crippen molar-refractivity contribution in [3.63, 3.8) is 0 Å². The van der Waals surface area contributed by atoms with Crippen molar-refractivity contribution >= 4 is 11.8 Å². The summed E-state index contributed by atoms with van der Waals surface area (Å²) in [5.74, 6) is -7.51. The van der Waals surface area contributed by atoms with Gasteiger partial charge >= 0.3 is 12.3 Å². The highest BCUT2D eigenvalue weighted by Gasteiger charge is 2.49. The third-order valence-electron chi connectivity index (χ3n) is 2.42. The largest absolute Gasteiger partial charge is 0.383 e. The van der Waals surface area contributed by atoms with Crippen LogP contribution in [-0.2, 0) is 9.59 Å². The summed E-state index contributed by atoms with van der Waals surface area (Å²) in [6.45, 7) is 0.385. The predicted octanol–water partition coefficient (Wildman–Crippen LogP) is 0.672. The first kappa shape index (κ1) is 13.7. The first-order chi connectivity index (χ1) is 7.85. The van der Waals surface area contributed by atoms with E-state index < -0.39 is 30.2 Å². The van der Waals surface area contributed by atoms with E-state index in [9.17, 15) is 27.2 Å². The fourth-order valence-corrected chi connectivity index (χ4v) is 1.43. The van der Waals surface area contributed by atoms with Crippen LogP contribution in [0.1, 0.15) is 19.3 Å². The number of nitrogens with one attached hydrogen (secondary N) is 2. The summed E-state index contributed by atoms with van der Waals surface area (Å²) in [5.41, 5.74) is 0. The maximum Gasteiger partial charge on any atom is 0.383 e. The number of hydrogen-bond donors (Lipinski definition) is 2. The third-order valence-corrected chi connectivity index (χ3v) is 2.42. The van der Waals surface area contributed by atoms with Crippen LogP contribution in [0.15, 0.2) is 0 Å². The summed E-state index contributed by atoms with van der Waals surface area (Å²) < 4.78 is 49.0. The minimum atomic E-state index is -4.77. The summed E-state index contributed by atoms with van der Waals surface area (Å²) in [5, 5.41) is 4.04. The van der Waals surface area contributed by atoms with Crippen molar-refractivity contribution in [3.8, 4) is 0 Å². The molecule has 1 saturated heterocycles. The van der Waals surface area contributed by atoms with Crippen LogP contribution in [0.5, 0.6) is 0 Å². The molecule has 98 valence electrons. The van der Waals surface area contributed by atoms with E-state index in [0.29, 0.717) is 19.4 Å². The molecule has 0 aliphatic carbocycles. The van der Waals surface area contributed by atoms with Gasteiger partial charge in [0.05, 0.1) is 0 Å². The number of amides is 2. The molecule has 0 aromatic carbocycles. The molecule has 0 spiro atoms. The van der Waals surface area contributed by atoms with Crippen LogP contribution in [0, 0.1) is 0 Å². The lowest BCUT2D eigenvalue weighted by Gasteiger charge is -2.19. The fourth-order valence-electron chi connectivity index (χ4n) is 1.43. The molecule has 1 aliphatic rings. The average Bonchev–Trinajstić information content (AvgIpc) is 2.44. The van der Waals surface area contributed by atoms with Gasteiger partial charge in [0.25, 0.3) is 5.91 Å². The van der Waals surface area contributed by atoms with Crippen LogP contribution in [0.2, 0.25) is 0 Å². The molecule has 2 amide bonds. The zero-order valence-corrected chi connectivity index (χ0v) is 8.81. The molecule has 1 aliphatic heterocycles. The third kappa shape index (κ3) is 3.31. The molecular formula is C9H12F4N2O2. The van der Waals surface area contributed by atoms with Gasteiger partial charge in [-0.1, -0.05) is 0 Å². The summed E-state index contributed by atoms with van der Waals surface area (Å²) in [4.78, 5) is 22.2. The molecule has 8 heteroatoms. The first-order valence-corrected chi connectivity index (χ1v) is 5.10. The Hall–Kier alpha value is -1.34. The van der Waals surface area contributed by atoms with Gasteiger partial charge in [0.2, 0.25) is 5.91 Å². The van der Waals surface area contributed by atoms with E-state index in [2.05, 4.69) is 5.32 Å². The van der Waals surface area contributed by atoms with Gasteiger partial charge in [-0.3, -0.25) is 9.59 Å². The van der Waals surface area contributed by atoms with Gasteiger partial charge in [-0.05, 0) is 19.3 Å². The Labute approximate surface area is 94.7 Å². The SMILES string of the molecule is O=C1NCCCCC1NC(=O)C(F)(F)C(F)F. The number of carbonyl (C=O) groups is 2. The van der Waals surface area contributed by atoms with Gasteiger partial charge in [0.1, 0.15) is 6.04 Å². The van der Waals surface area contributed by atoms with Crippen molar-refractivity contribution < 1.29 is 27.2 Å². The topological polar surface area (TPSA) is 58.2 Å². The monoisotopic (exact) mass is 256 g/mol. The molecule has 0 aromatic rings. The lowest BCUT2D eigenvalue weighted by atomic mass is 10.1. The van der Waals surface area contributed by atoms with Crippen LogP contribution >= 0.6 is 0 Å². The Bertz CT molecular complexity index is 309. The standard InChI is InChI=1S/C9H12F4N2O2/c10-7(11)9(12,13)8(17)15-5-3-1-2-4-14-6(5)16/h5,7H,1-4H2,(H,14,16)(H,15,17). The van der Waals surface area contributed by atoms with Gasteiger partial charge in [0, 0.05) is 6.54 Å². The van der Waals surface area contributed by atoms with Crippen molar-refractivity contribution in [1.29, 1.82) is 0 Å². The average molecular weight is 256 g/mol. The van der Waals surface area contributed by atoms with Crippen molar-refractivity contribution in [3.05, 3.63) is 0 Å². The van der Waals surface area contributed by atoms with E-state index in [4.69, 9.17) is 0 Å². The van der Waals surface area contributed by atoms with Gasteiger partial charge in [-0.25, -0.2) is 8.78 Å². The molecule has 1 unspecified atom stereocenters. The molecule has 4 nitrogen and oxygen atoms in total. The zero-order chi connectivity index (χ0) is 13.1. The van der Waals surface area contributed by atoms with Crippen LogP contribution < -0.4 is 10.6 Å². The molecule has 1 rings (SSSR count). The highest BCUT2D eigenvalue weighted by atomic mass is 19.3. The second kappa shape index (κ2) is 5.33. The number of rotatable bonds is 3. The quantitative estimate of drug-likeness (QED) is 0.729. The zero-order valence-electron chi connectivity index (χ0n) is 8.81. The van der Waals surface area contributed by atoms with Crippen LogP contribution in [-0.4, -0.2) is 36.7 Å². The molecule has 1 fully saturated rings. The van der Waals surface area contributed by atoms with E-state index >= 15 is 0 Å². The Kier molecular flexibility index (Phi) is 4.30. The normalized spacial score (nSPS) is 21.9. The summed E-state index contributed by atoms with van der Waals surface area (Å²) in [7, 11) is 0. The van der Waals surface area contributed by atoms with E-state index in [-0.39, 0.29) is 6.42 Å². The fraction of sp³-hybridized carbons (Fsp3) is 0.778. The second-order valence-electron chi connectivity index (χ2n) is 3.74. The van der Waals surface area contributed by atoms with Crippen molar-refractivity contribution in [1.82, 2.24) is 10.6 Å². The summed E-state index contributed by atoms with van der Waals surface area (Å²) in [6, 6.07) is -1.17. The van der Waals surface area contributed by atoms with Crippen LogP contribution in [0.3, 0.4) is 0 Å². The van der Waals surface area contributed by atoms with E-state index in [1.165, 1.54) is 0 Å². The lowest BCUT2D eigenvalue weighted by molar-refractivity contribution is -0.170. The molecule has 1 atom stereocenters. The molecule has 0 radical (unpaired) electrons. The smallest absolute Gasteiger partial charge is 0.354 e. The number of alkyl halides is 4. The van der Waals surface area contributed by atoms with Gasteiger partial charge in [-0.15, -0.1) is 0 Å². The van der Waals surface area contributed by atoms with E-state index in [1.54, 1.807) is 5.32 Å². The molecule has 0 bridgehead atoms. The Morgan fingerprint density at radius 2 is 2.06 bits per heavy atom. The molecule has 1 heterocycles. The van der Waals surface area contributed by atoms with Gasteiger partial charge in [-0.2, -0.15) is 8.78 Å². The lowest BCUT2D eigenvalue weighted by Crippen LogP contribution is -2.53. The summed E-state index contributed by atoms with van der Waals surface area (Å²) >= 11 is 0. The van der Waals surface area contributed by atoms with Crippen LogP contribution in [0.25, 0.3) is 0 Å². The molecule has 2 N–H and O–H groups in total. The maximum atomic E-state index is 12.6. The van der Waals surface area contributed by atoms with E-state index in [0.717, 1.165) is 0 Å². The summed E-state index contributed by atoms with van der Waals surface area (Å²) in [6.07, 6.45) is -2.72. The minimum absolute atomic E-state index is 0.164. The molecule has 0 aromatic heterocycles. The van der Waals surface area contributed by atoms with E-state index in [1.807, 2.05) is 0 Å².